The van der Waals surface area contributed by atoms with Crippen LogP contribution in [0.4, 0.5) is 8.78 Å². The van der Waals surface area contributed by atoms with Crippen molar-refractivity contribution in [2.24, 2.45) is 0 Å². The molecule has 0 spiro atoms. The van der Waals surface area contributed by atoms with Gasteiger partial charge in [0.2, 0.25) is 5.89 Å². The van der Waals surface area contributed by atoms with Crippen molar-refractivity contribution >= 4 is 5.97 Å². The Balaban J connectivity index is 2.15. The van der Waals surface area contributed by atoms with E-state index in [9.17, 15) is 13.6 Å². The van der Waals surface area contributed by atoms with Gasteiger partial charge in [-0.25, -0.2) is 8.78 Å². The van der Waals surface area contributed by atoms with E-state index >= 15 is 0 Å². The van der Waals surface area contributed by atoms with Crippen molar-refractivity contribution in [3.8, 4) is 0 Å². The van der Waals surface area contributed by atoms with Crippen LogP contribution in [0.2, 0.25) is 0 Å². The monoisotopic (exact) mass is 278 g/mol. The topological polar surface area (TPSA) is 85.5 Å². The van der Waals surface area contributed by atoms with E-state index in [0.717, 1.165) is 0 Å². The third-order valence-corrected chi connectivity index (χ3v) is 2.26. The van der Waals surface area contributed by atoms with Gasteiger partial charge in [0.15, 0.2) is 5.82 Å². The first kappa shape index (κ1) is 15.5. The maximum absolute atomic E-state index is 11.8. The van der Waals surface area contributed by atoms with Crippen LogP contribution in [0.1, 0.15) is 31.0 Å². The number of nitrogens with zero attached hydrogens (tertiary/aromatic N) is 2. The molecule has 0 saturated carbocycles. The highest BCUT2D eigenvalue weighted by Crippen LogP contribution is 2.05. The fraction of sp³-hybridized carbons (Fsp3) is 0.727. The number of hydrogen-bond donors (Lipinski definition) is 1. The van der Waals surface area contributed by atoms with Crippen molar-refractivity contribution in [1.82, 2.24) is 10.1 Å². The quantitative estimate of drug-likeness (QED) is 0.655. The molecule has 1 N–H and O–H groups in total. The van der Waals surface area contributed by atoms with Gasteiger partial charge >= 0.3 is 5.97 Å². The average molecular weight is 278 g/mol. The number of ether oxygens (including phenoxy) is 1. The molecule has 0 bridgehead atoms. The second-order valence-corrected chi connectivity index (χ2v) is 3.92. The van der Waals surface area contributed by atoms with E-state index in [4.69, 9.17) is 14.4 Å². The summed E-state index contributed by atoms with van der Waals surface area (Å²) in [5, 5.41) is 12.1. The Hall–Kier alpha value is -1.57. The molecule has 108 valence electrons. The Morgan fingerprint density at radius 1 is 1.37 bits per heavy atom. The normalized spacial score (nSPS) is 11.1. The van der Waals surface area contributed by atoms with E-state index in [1.807, 2.05) is 0 Å². The van der Waals surface area contributed by atoms with E-state index in [0.29, 0.717) is 37.4 Å². The first-order valence-corrected chi connectivity index (χ1v) is 5.97. The average Bonchev–Trinajstić information content (AvgIpc) is 2.78. The summed E-state index contributed by atoms with van der Waals surface area (Å²) in [5.41, 5.74) is 0. The Bertz CT molecular complexity index is 385. The minimum absolute atomic E-state index is 0.113. The fourth-order valence-corrected chi connectivity index (χ4v) is 1.38. The maximum Gasteiger partial charge on any atom is 0.303 e. The minimum Gasteiger partial charge on any atom is -0.481 e. The number of aliphatic carboxylic acids is 1. The molecule has 8 heteroatoms. The number of alkyl halides is 2. The van der Waals surface area contributed by atoms with Gasteiger partial charge in [0.1, 0.15) is 6.61 Å². The summed E-state index contributed by atoms with van der Waals surface area (Å²) in [5.74, 6) is -0.000791. The largest absolute Gasteiger partial charge is 0.481 e. The second-order valence-electron chi connectivity index (χ2n) is 3.92. The van der Waals surface area contributed by atoms with Crippen molar-refractivity contribution < 1.29 is 27.9 Å². The highest BCUT2D eigenvalue weighted by atomic mass is 19.3. The van der Waals surface area contributed by atoms with E-state index in [1.54, 1.807) is 0 Å². The number of carboxylic acids is 1. The van der Waals surface area contributed by atoms with Crippen LogP contribution in [0.3, 0.4) is 0 Å². The van der Waals surface area contributed by atoms with Crippen LogP contribution >= 0.6 is 0 Å². The molecule has 6 nitrogen and oxygen atoms in total. The lowest BCUT2D eigenvalue weighted by Crippen LogP contribution is -2.07. The number of aromatic nitrogens is 2. The number of rotatable bonds is 10. The molecular formula is C11H16F2N2O4. The summed E-state index contributed by atoms with van der Waals surface area (Å²) in [6.07, 6.45) is -0.346. The minimum atomic E-state index is -2.48. The maximum atomic E-state index is 11.8. The molecule has 1 aromatic heterocycles. The Kier molecular flexibility index (Phi) is 6.94. The third-order valence-electron chi connectivity index (χ3n) is 2.26. The van der Waals surface area contributed by atoms with Gasteiger partial charge in [-0.2, -0.15) is 4.98 Å². The van der Waals surface area contributed by atoms with Gasteiger partial charge < -0.3 is 14.4 Å². The first-order chi connectivity index (χ1) is 9.08. The van der Waals surface area contributed by atoms with Gasteiger partial charge in [-0.1, -0.05) is 5.16 Å². The zero-order valence-corrected chi connectivity index (χ0v) is 10.3. The predicted octanol–water partition coefficient (Wildman–Crippen LogP) is 1.69. The number of carbonyl (C=O) groups is 1. The number of aryl methyl sites for hydroxylation is 1. The number of halogens is 2. The second kappa shape index (κ2) is 8.52. The van der Waals surface area contributed by atoms with E-state index in [2.05, 4.69) is 10.1 Å². The van der Waals surface area contributed by atoms with Gasteiger partial charge in [0.25, 0.3) is 6.43 Å². The van der Waals surface area contributed by atoms with E-state index in [-0.39, 0.29) is 13.0 Å². The van der Waals surface area contributed by atoms with Crippen LogP contribution in [-0.2, 0) is 22.4 Å². The van der Waals surface area contributed by atoms with Crippen molar-refractivity contribution in [3.63, 3.8) is 0 Å². The van der Waals surface area contributed by atoms with Crippen molar-refractivity contribution in [2.45, 2.75) is 38.5 Å². The van der Waals surface area contributed by atoms with Crippen LogP contribution < -0.4 is 0 Å². The first-order valence-electron chi connectivity index (χ1n) is 5.97. The van der Waals surface area contributed by atoms with E-state index < -0.39 is 19.0 Å². The lowest BCUT2D eigenvalue weighted by Gasteiger charge is -1.99. The molecule has 0 saturated heterocycles. The zero-order chi connectivity index (χ0) is 14.1. The van der Waals surface area contributed by atoms with Crippen molar-refractivity contribution in [3.05, 3.63) is 11.7 Å². The molecule has 1 rings (SSSR count). The van der Waals surface area contributed by atoms with Crippen LogP contribution in [-0.4, -0.2) is 40.9 Å². The lowest BCUT2D eigenvalue weighted by atomic mass is 10.2. The molecule has 0 aliphatic carbocycles. The van der Waals surface area contributed by atoms with Crippen LogP contribution in [0.15, 0.2) is 4.52 Å². The van der Waals surface area contributed by atoms with E-state index in [1.165, 1.54) is 0 Å². The highest BCUT2D eigenvalue weighted by molar-refractivity contribution is 5.66. The molecule has 0 atom stereocenters. The lowest BCUT2D eigenvalue weighted by molar-refractivity contribution is -0.137. The molecule has 0 aliphatic heterocycles. The standard InChI is InChI=1S/C11H16F2N2O4/c12-8(13)7-18-6-5-9-14-10(19-15-9)3-1-2-4-11(16)17/h8H,1-7H2,(H,16,17). The highest BCUT2D eigenvalue weighted by Gasteiger charge is 2.07. The van der Waals surface area contributed by atoms with Crippen LogP contribution in [0, 0.1) is 0 Å². The summed E-state index contributed by atoms with van der Waals surface area (Å²) in [4.78, 5) is 14.3. The van der Waals surface area contributed by atoms with Gasteiger partial charge in [-0.15, -0.1) is 0 Å². The fourth-order valence-electron chi connectivity index (χ4n) is 1.38. The zero-order valence-electron chi connectivity index (χ0n) is 10.3. The van der Waals surface area contributed by atoms with Crippen LogP contribution in [0.5, 0.6) is 0 Å². The van der Waals surface area contributed by atoms with Crippen molar-refractivity contribution in [2.75, 3.05) is 13.2 Å². The molecule has 19 heavy (non-hydrogen) atoms. The summed E-state index contributed by atoms with van der Waals surface area (Å²) < 4.78 is 33.2. The van der Waals surface area contributed by atoms with Gasteiger partial charge in [-0.3, -0.25) is 4.79 Å². The molecule has 1 heterocycles. The molecule has 0 amide bonds. The van der Waals surface area contributed by atoms with Crippen molar-refractivity contribution in [1.29, 1.82) is 0 Å². The van der Waals surface area contributed by atoms with Gasteiger partial charge in [0, 0.05) is 19.3 Å². The Morgan fingerprint density at radius 2 is 2.16 bits per heavy atom. The molecule has 0 fully saturated rings. The predicted molar refractivity (Wildman–Crippen MR) is 60.0 cm³/mol. The van der Waals surface area contributed by atoms with Gasteiger partial charge in [-0.05, 0) is 12.8 Å². The number of hydrogen-bond acceptors (Lipinski definition) is 5. The third kappa shape index (κ3) is 7.45. The summed E-state index contributed by atoms with van der Waals surface area (Å²) in [6, 6.07) is 0. The molecule has 0 radical (unpaired) electrons. The number of carboxylic acid groups (broad SMARTS) is 1. The number of unbranched alkanes of at least 4 members (excludes halogenated alkanes) is 1. The molecule has 0 aromatic carbocycles. The summed E-state index contributed by atoms with van der Waals surface area (Å²) >= 11 is 0. The summed E-state index contributed by atoms with van der Waals surface area (Å²) in [7, 11) is 0. The molecule has 0 aliphatic rings. The Morgan fingerprint density at radius 3 is 2.84 bits per heavy atom. The molecule has 1 aromatic rings. The molecule has 0 unspecified atom stereocenters. The van der Waals surface area contributed by atoms with Gasteiger partial charge in [0.05, 0.1) is 6.61 Å². The van der Waals surface area contributed by atoms with Crippen LogP contribution in [0.25, 0.3) is 0 Å². The Labute approximate surface area is 108 Å². The smallest absolute Gasteiger partial charge is 0.303 e. The summed E-state index contributed by atoms with van der Waals surface area (Å²) in [6.45, 7) is -0.484. The molecular weight excluding hydrogens is 262 g/mol. The SMILES string of the molecule is O=C(O)CCCCc1nc(CCOCC(F)F)no1.